The van der Waals surface area contributed by atoms with E-state index in [1.54, 1.807) is 6.92 Å². The van der Waals surface area contributed by atoms with Crippen LogP contribution >= 0.6 is 11.3 Å². The Bertz CT molecular complexity index is 916. The summed E-state index contributed by atoms with van der Waals surface area (Å²) in [5.41, 5.74) is 1.38. The molecule has 1 aromatic carbocycles. The van der Waals surface area contributed by atoms with Crippen LogP contribution in [0.25, 0.3) is 0 Å². The Kier molecular flexibility index (Phi) is 5.34. The summed E-state index contributed by atoms with van der Waals surface area (Å²) in [4.78, 5) is 26.5. The number of esters is 1. The molecule has 3 rings (SSSR count). The molecule has 0 fully saturated rings. The molecule has 0 radical (unpaired) electrons. The van der Waals surface area contributed by atoms with Crippen molar-refractivity contribution in [3.05, 3.63) is 51.7 Å². The summed E-state index contributed by atoms with van der Waals surface area (Å²) >= 11 is 1.41. The van der Waals surface area contributed by atoms with Crippen LogP contribution in [0.2, 0.25) is 0 Å². The molecule has 7 heteroatoms. The number of hydrogen-bond acceptors (Lipinski definition) is 4. The quantitative estimate of drug-likeness (QED) is 0.766. The van der Waals surface area contributed by atoms with E-state index in [1.165, 1.54) is 35.6 Å². The highest BCUT2D eigenvalue weighted by Gasteiger charge is 2.45. The van der Waals surface area contributed by atoms with E-state index < -0.39 is 11.8 Å². The third kappa shape index (κ3) is 3.95. The lowest BCUT2D eigenvalue weighted by atomic mass is 9.81. The van der Waals surface area contributed by atoms with Gasteiger partial charge >= 0.3 is 5.97 Å². The summed E-state index contributed by atoms with van der Waals surface area (Å²) in [5.74, 6) is -1.22. The Morgan fingerprint density at radius 3 is 2.46 bits per heavy atom. The Labute approximate surface area is 168 Å². The first-order chi connectivity index (χ1) is 13.0. The van der Waals surface area contributed by atoms with Gasteiger partial charge in [0.15, 0.2) is 0 Å². The lowest BCUT2D eigenvalue weighted by Crippen LogP contribution is -3.03. The van der Waals surface area contributed by atoms with Crippen molar-refractivity contribution < 1.29 is 24.0 Å². The number of halogens is 1. The fraction of sp³-hybridized carbons (Fsp3) is 0.429. The number of quaternary nitrogens is 1. The van der Waals surface area contributed by atoms with Gasteiger partial charge in [-0.3, -0.25) is 4.79 Å². The number of ether oxygens (including phenoxy) is 1. The van der Waals surface area contributed by atoms with Gasteiger partial charge in [0.05, 0.1) is 22.6 Å². The molecule has 1 aliphatic rings. The summed E-state index contributed by atoms with van der Waals surface area (Å²) < 4.78 is 18.4. The molecular formula is C21H26FN2O3S+. The van der Waals surface area contributed by atoms with Crippen molar-refractivity contribution in [1.29, 1.82) is 0 Å². The number of anilines is 1. The van der Waals surface area contributed by atoms with E-state index in [2.05, 4.69) is 38.3 Å². The van der Waals surface area contributed by atoms with Crippen molar-refractivity contribution in [1.82, 2.24) is 0 Å². The predicted octanol–water partition coefficient (Wildman–Crippen LogP) is 3.45. The van der Waals surface area contributed by atoms with Gasteiger partial charge in [0, 0.05) is 12.0 Å². The Morgan fingerprint density at radius 1 is 1.21 bits per heavy atom. The fourth-order valence-electron chi connectivity index (χ4n) is 3.99. The Hall–Kier alpha value is -2.25. The van der Waals surface area contributed by atoms with Crippen LogP contribution < -0.4 is 10.6 Å². The Balaban J connectivity index is 2.06. The van der Waals surface area contributed by atoms with Gasteiger partial charge in [0.25, 0.3) is 5.91 Å². The molecule has 0 aliphatic carbocycles. The number of nitrogens with one attached hydrogen (secondary N) is 1. The molecule has 0 saturated carbocycles. The number of thiophene rings is 1. The minimum Gasteiger partial charge on any atom is -0.462 e. The van der Waals surface area contributed by atoms with Gasteiger partial charge in [0.2, 0.25) is 0 Å². The minimum absolute atomic E-state index is 0.0863. The zero-order valence-corrected chi connectivity index (χ0v) is 17.6. The monoisotopic (exact) mass is 405 g/mol. The average Bonchev–Trinajstić information content (AvgIpc) is 2.92. The standard InChI is InChI=1S/C21H25FN2O3S/c1-6-27-19(26)15-14-11-20(2,3)24-21(4,5)16(14)28-18(15)23-17(25)12-7-9-13(22)10-8-12/h7-10,24H,6,11H2,1-5H3,(H,23,25)/p+1. The van der Waals surface area contributed by atoms with Crippen LogP contribution in [0.3, 0.4) is 0 Å². The van der Waals surface area contributed by atoms with E-state index in [1.807, 2.05) is 0 Å². The van der Waals surface area contributed by atoms with Crippen LogP contribution in [-0.4, -0.2) is 24.0 Å². The van der Waals surface area contributed by atoms with Crippen LogP contribution in [0.4, 0.5) is 9.39 Å². The lowest BCUT2D eigenvalue weighted by molar-refractivity contribution is -0.789. The number of nitrogens with two attached hydrogens (primary N) is 1. The molecule has 0 saturated heterocycles. The van der Waals surface area contributed by atoms with Crippen molar-refractivity contribution in [3.8, 4) is 0 Å². The minimum atomic E-state index is -0.428. The zero-order chi connectivity index (χ0) is 20.7. The highest BCUT2D eigenvalue weighted by Crippen LogP contribution is 2.42. The van der Waals surface area contributed by atoms with Crippen LogP contribution in [0.5, 0.6) is 0 Å². The van der Waals surface area contributed by atoms with Crippen molar-refractivity contribution >= 4 is 28.2 Å². The summed E-state index contributed by atoms with van der Waals surface area (Å²) in [6.45, 7) is 10.5. The van der Waals surface area contributed by atoms with Gasteiger partial charge in [-0.05, 0) is 64.4 Å². The third-order valence-electron chi connectivity index (χ3n) is 4.79. The molecular weight excluding hydrogens is 379 g/mol. The average molecular weight is 406 g/mol. The van der Waals surface area contributed by atoms with Crippen molar-refractivity contribution in [2.45, 2.75) is 52.1 Å². The molecule has 0 bridgehead atoms. The first-order valence-electron chi connectivity index (χ1n) is 9.31. The van der Waals surface area contributed by atoms with E-state index in [0.29, 0.717) is 22.5 Å². The summed E-state index contributed by atoms with van der Waals surface area (Å²) in [6.07, 6.45) is 0.697. The molecule has 1 amide bonds. The van der Waals surface area contributed by atoms with Crippen LogP contribution in [0, 0.1) is 5.82 Å². The number of rotatable bonds is 4. The van der Waals surface area contributed by atoms with E-state index in [4.69, 9.17) is 4.74 Å². The molecule has 5 nitrogen and oxygen atoms in total. The number of hydrogen-bond donors (Lipinski definition) is 2. The van der Waals surface area contributed by atoms with E-state index in [0.717, 1.165) is 10.4 Å². The highest BCUT2D eigenvalue weighted by atomic mass is 32.1. The number of benzene rings is 1. The maximum Gasteiger partial charge on any atom is 0.341 e. The second kappa shape index (κ2) is 7.29. The molecule has 2 heterocycles. The van der Waals surface area contributed by atoms with Gasteiger partial charge in [0.1, 0.15) is 16.4 Å². The van der Waals surface area contributed by atoms with Crippen molar-refractivity contribution in [2.24, 2.45) is 0 Å². The molecule has 0 atom stereocenters. The number of carbonyl (C=O) groups is 2. The normalized spacial score (nSPS) is 16.9. The zero-order valence-electron chi connectivity index (χ0n) is 16.8. The van der Waals surface area contributed by atoms with Gasteiger partial charge in [-0.2, -0.15) is 0 Å². The van der Waals surface area contributed by atoms with E-state index in [-0.39, 0.29) is 23.6 Å². The van der Waals surface area contributed by atoms with Gasteiger partial charge in [-0.25, -0.2) is 9.18 Å². The number of carbonyl (C=O) groups excluding carboxylic acids is 2. The van der Waals surface area contributed by atoms with Gasteiger partial charge in [-0.15, -0.1) is 11.3 Å². The van der Waals surface area contributed by atoms with Gasteiger partial charge < -0.3 is 15.4 Å². The molecule has 0 unspecified atom stereocenters. The van der Waals surface area contributed by atoms with Crippen LogP contribution in [0.1, 0.15) is 65.8 Å². The SMILES string of the molecule is CCOC(=O)c1c(NC(=O)c2ccc(F)cc2)sc2c1CC(C)(C)[NH2+]C2(C)C. The van der Waals surface area contributed by atoms with Gasteiger partial charge in [-0.1, -0.05) is 0 Å². The fourth-order valence-corrected chi connectivity index (χ4v) is 5.26. The second-order valence-corrected chi connectivity index (χ2v) is 9.35. The molecule has 1 aliphatic heterocycles. The highest BCUT2D eigenvalue weighted by molar-refractivity contribution is 7.17. The third-order valence-corrected chi connectivity index (χ3v) is 6.28. The number of fused-ring (bicyclic) bond motifs is 1. The summed E-state index contributed by atoms with van der Waals surface area (Å²) in [5, 5.41) is 5.62. The molecule has 3 N–H and O–H groups in total. The van der Waals surface area contributed by atoms with Crippen molar-refractivity contribution in [3.63, 3.8) is 0 Å². The largest absolute Gasteiger partial charge is 0.462 e. The Morgan fingerprint density at radius 2 is 1.86 bits per heavy atom. The van der Waals surface area contributed by atoms with E-state index >= 15 is 0 Å². The number of amides is 1. The molecule has 1 aromatic heterocycles. The molecule has 28 heavy (non-hydrogen) atoms. The molecule has 2 aromatic rings. The predicted molar refractivity (Wildman–Crippen MR) is 107 cm³/mol. The molecule has 150 valence electrons. The van der Waals surface area contributed by atoms with Crippen LogP contribution in [0.15, 0.2) is 24.3 Å². The summed E-state index contributed by atoms with van der Waals surface area (Å²) in [7, 11) is 0. The smallest absolute Gasteiger partial charge is 0.341 e. The lowest BCUT2D eigenvalue weighted by Gasteiger charge is -2.38. The summed E-state index contributed by atoms with van der Waals surface area (Å²) in [6, 6.07) is 5.31. The van der Waals surface area contributed by atoms with E-state index in [9.17, 15) is 14.0 Å². The second-order valence-electron chi connectivity index (χ2n) is 8.33. The van der Waals surface area contributed by atoms with Crippen LogP contribution in [-0.2, 0) is 16.7 Å². The first kappa shape index (κ1) is 20.5. The first-order valence-corrected chi connectivity index (χ1v) is 10.1. The maximum absolute atomic E-state index is 13.2. The van der Waals surface area contributed by atoms with Crippen molar-refractivity contribution in [2.75, 3.05) is 11.9 Å². The maximum atomic E-state index is 13.2. The molecule has 0 spiro atoms. The topological polar surface area (TPSA) is 72.0 Å².